The van der Waals surface area contributed by atoms with Gasteiger partial charge in [0.05, 0.1) is 46.6 Å². The van der Waals surface area contributed by atoms with Crippen LogP contribution in [0.5, 0.6) is 5.75 Å². The highest BCUT2D eigenvalue weighted by Gasteiger charge is 2.41. The van der Waals surface area contributed by atoms with Gasteiger partial charge in [-0.05, 0) is 93.5 Å². The van der Waals surface area contributed by atoms with Crippen molar-refractivity contribution in [3.05, 3.63) is 100 Å². The maximum absolute atomic E-state index is 13.7. The Hall–Kier alpha value is -4.83. The van der Waals surface area contributed by atoms with Gasteiger partial charge in [-0.3, -0.25) is 19.5 Å². The molecule has 46 heavy (non-hydrogen) atoms. The third-order valence-corrected chi connectivity index (χ3v) is 8.98. The lowest BCUT2D eigenvalue weighted by Crippen LogP contribution is -2.52. The van der Waals surface area contributed by atoms with Crippen LogP contribution in [-0.4, -0.2) is 36.9 Å². The number of amides is 2. The Morgan fingerprint density at radius 1 is 1.13 bits per heavy atom. The Morgan fingerprint density at radius 2 is 1.89 bits per heavy atom. The van der Waals surface area contributed by atoms with E-state index in [-0.39, 0.29) is 24.3 Å². The molecule has 5 aromatic rings. The first-order chi connectivity index (χ1) is 22.0. The van der Waals surface area contributed by atoms with Crippen molar-refractivity contribution in [1.82, 2.24) is 19.5 Å². The molecular weight excluding hydrogens is 607 g/mol. The summed E-state index contributed by atoms with van der Waals surface area (Å²) in [6.45, 7) is 5.66. The maximum Gasteiger partial charge on any atom is 0.271 e. The first-order valence-corrected chi connectivity index (χ1v) is 15.6. The molecule has 0 saturated heterocycles. The second kappa shape index (κ2) is 11.2. The number of imidazole rings is 1. The van der Waals surface area contributed by atoms with Crippen LogP contribution in [0.2, 0.25) is 5.02 Å². The molecule has 234 valence electrons. The van der Waals surface area contributed by atoms with Gasteiger partial charge in [-0.25, -0.2) is 14.4 Å². The fraction of sp³-hybridized carbons (Fsp3) is 0.286. The number of carbonyl (C=O) groups is 2. The number of nitrogens with zero attached hydrogens (tertiary/aromatic N) is 5. The van der Waals surface area contributed by atoms with E-state index in [9.17, 15) is 14.0 Å². The second-order valence-corrected chi connectivity index (χ2v) is 13.0. The van der Waals surface area contributed by atoms with E-state index in [1.54, 1.807) is 55.5 Å². The predicted octanol–water partition coefficient (Wildman–Crippen LogP) is 6.65. The van der Waals surface area contributed by atoms with Crippen LogP contribution in [0.3, 0.4) is 0 Å². The molecule has 0 bridgehead atoms. The molecule has 1 fully saturated rings. The zero-order chi connectivity index (χ0) is 32.3. The number of pyridine rings is 2. The number of fused-ring (bicyclic) bond motifs is 2. The standard InChI is InChI=1S/C35H32ClFN6O3/c1-19(21-6-10-24(37)11-7-21)43-18-40-31-29(30(32(38)44)26(41-33(31)43)14-20-4-5-20)22-8-13-27-28(15-22)46-35(2,3)34(45)42(27)17-25-12-9-23(36)16-39-25/h6-13,15-16,18-20H,4-5,14,17H2,1-3H3,(H2,38,44)/t19-/m1/s1. The van der Waals surface area contributed by atoms with Gasteiger partial charge >= 0.3 is 0 Å². The van der Waals surface area contributed by atoms with Crippen molar-refractivity contribution in [3.8, 4) is 16.9 Å². The minimum absolute atomic E-state index is 0.214. The highest BCUT2D eigenvalue weighted by molar-refractivity contribution is 6.30. The number of ether oxygens (including phenoxy) is 1. The molecule has 2 N–H and O–H groups in total. The predicted molar refractivity (Wildman–Crippen MR) is 173 cm³/mol. The van der Waals surface area contributed by atoms with Gasteiger partial charge in [-0.1, -0.05) is 29.8 Å². The van der Waals surface area contributed by atoms with Gasteiger partial charge in [0.2, 0.25) is 0 Å². The summed E-state index contributed by atoms with van der Waals surface area (Å²) in [5.74, 6) is -0.221. The number of carbonyl (C=O) groups excluding carboxylic acids is 2. The van der Waals surface area contributed by atoms with Crippen molar-refractivity contribution in [2.24, 2.45) is 11.7 Å². The summed E-state index contributed by atoms with van der Waals surface area (Å²) in [6.07, 6.45) is 5.98. The number of nitrogens with two attached hydrogens (primary N) is 1. The summed E-state index contributed by atoms with van der Waals surface area (Å²) >= 11 is 6.04. The average Bonchev–Trinajstić information content (AvgIpc) is 3.74. The van der Waals surface area contributed by atoms with Crippen LogP contribution < -0.4 is 15.4 Å². The van der Waals surface area contributed by atoms with E-state index in [2.05, 4.69) is 4.98 Å². The molecule has 3 aromatic heterocycles. The number of anilines is 1. The molecule has 1 atom stereocenters. The summed E-state index contributed by atoms with van der Waals surface area (Å²) in [5.41, 5.74) is 10.3. The quantitative estimate of drug-likeness (QED) is 0.203. The van der Waals surface area contributed by atoms with Crippen LogP contribution in [-0.2, 0) is 17.8 Å². The number of hydrogen-bond acceptors (Lipinski definition) is 6. The Bertz CT molecular complexity index is 2000. The van der Waals surface area contributed by atoms with Crippen LogP contribution >= 0.6 is 11.6 Å². The summed E-state index contributed by atoms with van der Waals surface area (Å²) in [6, 6.07) is 15.1. The number of hydrogen-bond donors (Lipinski definition) is 1. The fourth-order valence-electron chi connectivity index (χ4n) is 6.11. The Morgan fingerprint density at radius 3 is 2.57 bits per heavy atom. The molecule has 1 aliphatic heterocycles. The highest BCUT2D eigenvalue weighted by Crippen LogP contribution is 2.44. The first-order valence-electron chi connectivity index (χ1n) is 15.2. The molecule has 0 spiro atoms. The molecule has 4 heterocycles. The van der Waals surface area contributed by atoms with E-state index in [4.69, 9.17) is 32.0 Å². The summed E-state index contributed by atoms with van der Waals surface area (Å²) in [4.78, 5) is 42.5. The monoisotopic (exact) mass is 638 g/mol. The van der Waals surface area contributed by atoms with Crippen molar-refractivity contribution in [2.75, 3.05) is 4.90 Å². The van der Waals surface area contributed by atoms with Crippen LogP contribution in [0, 0.1) is 11.7 Å². The smallest absolute Gasteiger partial charge is 0.271 e. The molecule has 2 aromatic carbocycles. The molecule has 0 radical (unpaired) electrons. The molecule has 9 nitrogen and oxygen atoms in total. The molecular formula is C35H32ClFN6O3. The first kappa shape index (κ1) is 29.9. The highest BCUT2D eigenvalue weighted by atomic mass is 35.5. The Labute approximate surface area is 270 Å². The average molecular weight is 639 g/mol. The molecule has 2 aliphatic rings. The number of benzene rings is 2. The number of rotatable bonds is 8. The van der Waals surface area contributed by atoms with E-state index in [1.807, 2.05) is 29.7 Å². The molecule has 0 unspecified atom stereocenters. The molecule has 7 rings (SSSR count). The van der Waals surface area contributed by atoms with Crippen molar-refractivity contribution in [2.45, 2.75) is 58.2 Å². The van der Waals surface area contributed by atoms with Crippen LogP contribution in [0.1, 0.15) is 67.0 Å². The van der Waals surface area contributed by atoms with E-state index < -0.39 is 11.5 Å². The zero-order valence-corrected chi connectivity index (χ0v) is 26.4. The number of primary amides is 1. The lowest BCUT2D eigenvalue weighted by molar-refractivity contribution is -0.132. The number of aromatic nitrogens is 4. The van der Waals surface area contributed by atoms with Gasteiger partial charge in [0.25, 0.3) is 11.8 Å². The van der Waals surface area contributed by atoms with Crippen molar-refractivity contribution in [3.63, 3.8) is 0 Å². The summed E-state index contributed by atoms with van der Waals surface area (Å²) < 4.78 is 21.9. The van der Waals surface area contributed by atoms with Crippen molar-refractivity contribution >= 4 is 40.3 Å². The van der Waals surface area contributed by atoms with Gasteiger partial charge < -0.3 is 15.0 Å². The minimum Gasteiger partial charge on any atom is -0.476 e. The van der Waals surface area contributed by atoms with Crippen molar-refractivity contribution < 1.29 is 18.7 Å². The summed E-state index contributed by atoms with van der Waals surface area (Å²) in [7, 11) is 0. The Balaban J connectivity index is 1.39. The normalized spacial score (nSPS) is 16.3. The lowest BCUT2D eigenvalue weighted by Gasteiger charge is -2.39. The summed E-state index contributed by atoms with van der Waals surface area (Å²) in [5, 5.41) is 0.506. The van der Waals surface area contributed by atoms with Crippen LogP contribution in [0.25, 0.3) is 22.3 Å². The molecule has 1 aliphatic carbocycles. The van der Waals surface area contributed by atoms with Crippen LogP contribution in [0.4, 0.5) is 10.1 Å². The van der Waals surface area contributed by atoms with E-state index in [0.717, 1.165) is 18.4 Å². The van der Waals surface area contributed by atoms with Gasteiger partial charge in [-0.2, -0.15) is 0 Å². The van der Waals surface area contributed by atoms with Gasteiger partial charge in [-0.15, -0.1) is 0 Å². The number of halogens is 2. The lowest BCUT2D eigenvalue weighted by atomic mass is 9.94. The van der Waals surface area contributed by atoms with Gasteiger partial charge in [0, 0.05) is 11.8 Å². The topological polar surface area (TPSA) is 116 Å². The second-order valence-electron chi connectivity index (χ2n) is 12.5. The third kappa shape index (κ3) is 5.36. The largest absolute Gasteiger partial charge is 0.476 e. The fourth-order valence-corrected chi connectivity index (χ4v) is 6.22. The zero-order valence-electron chi connectivity index (χ0n) is 25.6. The maximum atomic E-state index is 13.7. The molecule has 1 saturated carbocycles. The molecule has 2 amide bonds. The SMILES string of the molecule is C[C@H](c1ccc(F)cc1)n1cnc2c(-c3ccc4c(c3)OC(C)(C)C(=O)N4Cc3ccc(Cl)cn3)c(C(N)=O)c(CC3CC3)nc21. The van der Waals surface area contributed by atoms with Crippen molar-refractivity contribution in [1.29, 1.82) is 0 Å². The van der Waals surface area contributed by atoms with Crippen LogP contribution in [0.15, 0.2) is 67.1 Å². The minimum atomic E-state index is -1.17. The third-order valence-electron chi connectivity index (χ3n) is 8.75. The Kier molecular flexibility index (Phi) is 7.27. The van der Waals surface area contributed by atoms with Gasteiger partial charge in [0.15, 0.2) is 11.2 Å². The van der Waals surface area contributed by atoms with Gasteiger partial charge in [0.1, 0.15) is 17.1 Å². The van der Waals surface area contributed by atoms with E-state index in [1.165, 1.54) is 12.1 Å². The van der Waals surface area contributed by atoms with E-state index >= 15 is 0 Å². The van der Waals surface area contributed by atoms with E-state index in [0.29, 0.717) is 68.0 Å². The molecule has 11 heteroatoms.